The molecule has 0 aliphatic heterocycles. The SMILES string of the molecule is C=C(Br)COc1cccc(Cl)c1CNCCC. The van der Waals surface area contributed by atoms with Gasteiger partial charge in [-0.3, -0.25) is 0 Å². The summed E-state index contributed by atoms with van der Waals surface area (Å²) in [5, 5.41) is 4.05. The summed E-state index contributed by atoms with van der Waals surface area (Å²) in [5.41, 5.74) is 0.997. The van der Waals surface area contributed by atoms with Crippen LogP contribution in [0, 0.1) is 0 Å². The average Bonchev–Trinajstić information content (AvgIpc) is 2.29. The zero-order valence-corrected chi connectivity index (χ0v) is 12.3. The fraction of sp³-hybridized carbons (Fsp3) is 0.385. The molecule has 0 unspecified atom stereocenters. The van der Waals surface area contributed by atoms with Gasteiger partial charge in [0, 0.05) is 21.6 Å². The monoisotopic (exact) mass is 317 g/mol. The summed E-state index contributed by atoms with van der Waals surface area (Å²) in [6.45, 7) is 8.01. The zero-order chi connectivity index (χ0) is 12.7. The summed E-state index contributed by atoms with van der Waals surface area (Å²) < 4.78 is 6.45. The minimum Gasteiger partial charge on any atom is -0.488 e. The lowest BCUT2D eigenvalue weighted by Crippen LogP contribution is -2.15. The van der Waals surface area contributed by atoms with Gasteiger partial charge in [0.2, 0.25) is 0 Å². The molecule has 2 nitrogen and oxygen atoms in total. The van der Waals surface area contributed by atoms with Gasteiger partial charge >= 0.3 is 0 Å². The second-order valence-corrected chi connectivity index (χ2v) is 5.23. The molecule has 0 aromatic heterocycles. The molecule has 1 rings (SSSR count). The van der Waals surface area contributed by atoms with E-state index in [0.717, 1.165) is 40.3 Å². The lowest BCUT2D eigenvalue weighted by molar-refractivity contribution is 0.355. The molecule has 0 aliphatic carbocycles. The van der Waals surface area contributed by atoms with Crippen molar-refractivity contribution in [3.8, 4) is 5.75 Å². The minimum atomic E-state index is 0.446. The minimum absolute atomic E-state index is 0.446. The first kappa shape index (κ1) is 14.6. The van der Waals surface area contributed by atoms with Crippen molar-refractivity contribution in [2.75, 3.05) is 13.2 Å². The molecular weight excluding hydrogens is 302 g/mol. The molecule has 0 heterocycles. The van der Waals surface area contributed by atoms with Crippen molar-refractivity contribution in [2.45, 2.75) is 19.9 Å². The Hall–Kier alpha value is -0.510. The second kappa shape index (κ2) is 7.75. The molecule has 0 saturated heterocycles. The Bertz CT molecular complexity index is 382. The Balaban J connectivity index is 2.73. The number of halogens is 2. The predicted molar refractivity (Wildman–Crippen MR) is 77.0 cm³/mol. The Morgan fingerprint density at radius 2 is 2.29 bits per heavy atom. The van der Waals surface area contributed by atoms with Gasteiger partial charge in [-0.15, -0.1) is 0 Å². The average molecular weight is 319 g/mol. The van der Waals surface area contributed by atoms with Crippen LogP contribution in [0.15, 0.2) is 29.3 Å². The Morgan fingerprint density at radius 3 is 2.94 bits per heavy atom. The maximum Gasteiger partial charge on any atom is 0.125 e. The standard InChI is InChI=1S/C13H17BrClNO/c1-3-7-16-8-11-12(15)5-4-6-13(11)17-9-10(2)14/h4-6,16H,2-3,7-9H2,1H3. The van der Waals surface area contributed by atoms with Gasteiger partial charge in [0.1, 0.15) is 12.4 Å². The molecule has 0 fully saturated rings. The van der Waals surface area contributed by atoms with Gasteiger partial charge in [0.15, 0.2) is 0 Å². The quantitative estimate of drug-likeness (QED) is 0.763. The van der Waals surface area contributed by atoms with E-state index in [4.69, 9.17) is 16.3 Å². The van der Waals surface area contributed by atoms with Crippen molar-refractivity contribution >= 4 is 27.5 Å². The van der Waals surface area contributed by atoms with E-state index in [9.17, 15) is 0 Å². The van der Waals surface area contributed by atoms with Crippen molar-refractivity contribution in [1.29, 1.82) is 0 Å². The van der Waals surface area contributed by atoms with Crippen LogP contribution in [-0.4, -0.2) is 13.2 Å². The number of ether oxygens (including phenoxy) is 1. The van der Waals surface area contributed by atoms with Crippen molar-refractivity contribution in [2.24, 2.45) is 0 Å². The van der Waals surface area contributed by atoms with Crippen molar-refractivity contribution in [1.82, 2.24) is 5.32 Å². The fourth-order valence-electron chi connectivity index (χ4n) is 1.39. The third kappa shape index (κ3) is 5.11. The first-order chi connectivity index (χ1) is 8.15. The van der Waals surface area contributed by atoms with E-state index in [-0.39, 0.29) is 0 Å². The van der Waals surface area contributed by atoms with Gasteiger partial charge in [-0.25, -0.2) is 0 Å². The summed E-state index contributed by atoms with van der Waals surface area (Å²) in [5.74, 6) is 0.807. The zero-order valence-electron chi connectivity index (χ0n) is 9.93. The highest BCUT2D eigenvalue weighted by atomic mass is 79.9. The molecule has 1 aromatic rings. The largest absolute Gasteiger partial charge is 0.488 e. The van der Waals surface area contributed by atoms with Gasteiger partial charge < -0.3 is 10.1 Å². The van der Waals surface area contributed by atoms with Crippen LogP contribution in [0.25, 0.3) is 0 Å². The number of hydrogen-bond donors (Lipinski definition) is 1. The van der Waals surface area contributed by atoms with Crippen molar-refractivity contribution < 1.29 is 4.74 Å². The van der Waals surface area contributed by atoms with Crippen LogP contribution in [-0.2, 0) is 6.54 Å². The molecule has 1 aromatic carbocycles. The molecule has 0 aliphatic rings. The summed E-state index contributed by atoms with van der Waals surface area (Å²) in [7, 11) is 0. The van der Waals surface area contributed by atoms with Crippen LogP contribution in [0.1, 0.15) is 18.9 Å². The Labute approximate surface area is 116 Å². The van der Waals surface area contributed by atoms with Gasteiger partial charge in [0.25, 0.3) is 0 Å². The third-order valence-electron chi connectivity index (χ3n) is 2.19. The fourth-order valence-corrected chi connectivity index (χ4v) is 1.74. The van der Waals surface area contributed by atoms with E-state index in [2.05, 4.69) is 34.7 Å². The molecule has 0 amide bonds. The second-order valence-electron chi connectivity index (χ2n) is 3.70. The van der Waals surface area contributed by atoms with Crippen LogP contribution < -0.4 is 10.1 Å². The molecule has 0 saturated carbocycles. The van der Waals surface area contributed by atoms with Gasteiger partial charge in [-0.05, 0) is 25.1 Å². The number of hydrogen-bond acceptors (Lipinski definition) is 2. The summed E-state index contributed by atoms with van der Waals surface area (Å²) in [6.07, 6.45) is 1.10. The number of nitrogens with one attached hydrogen (secondary N) is 1. The van der Waals surface area contributed by atoms with E-state index in [0.29, 0.717) is 6.61 Å². The van der Waals surface area contributed by atoms with E-state index in [1.807, 2.05) is 18.2 Å². The molecular formula is C13H17BrClNO. The molecule has 0 bridgehead atoms. The van der Waals surface area contributed by atoms with Crippen LogP contribution in [0.3, 0.4) is 0 Å². The lowest BCUT2D eigenvalue weighted by Gasteiger charge is -2.13. The smallest absolute Gasteiger partial charge is 0.125 e. The van der Waals surface area contributed by atoms with Crippen LogP contribution in [0.2, 0.25) is 5.02 Å². The van der Waals surface area contributed by atoms with Crippen LogP contribution >= 0.6 is 27.5 Å². The Kier molecular flexibility index (Phi) is 6.63. The summed E-state index contributed by atoms with van der Waals surface area (Å²) in [6, 6.07) is 5.68. The molecule has 0 atom stereocenters. The first-order valence-corrected chi connectivity index (χ1v) is 6.76. The molecule has 0 radical (unpaired) electrons. The van der Waals surface area contributed by atoms with Gasteiger partial charge in [-0.1, -0.05) is 47.1 Å². The summed E-state index contributed by atoms with van der Waals surface area (Å²) >= 11 is 9.44. The topological polar surface area (TPSA) is 21.3 Å². The van der Waals surface area contributed by atoms with E-state index < -0.39 is 0 Å². The highest BCUT2D eigenvalue weighted by Crippen LogP contribution is 2.26. The highest BCUT2D eigenvalue weighted by molar-refractivity contribution is 9.11. The summed E-state index contributed by atoms with van der Waals surface area (Å²) in [4.78, 5) is 0. The van der Waals surface area contributed by atoms with Crippen LogP contribution in [0.5, 0.6) is 5.75 Å². The maximum atomic E-state index is 6.17. The third-order valence-corrected chi connectivity index (χ3v) is 2.77. The molecule has 17 heavy (non-hydrogen) atoms. The molecule has 94 valence electrons. The first-order valence-electron chi connectivity index (χ1n) is 5.59. The van der Waals surface area contributed by atoms with E-state index in [1.165, 1.54) is 0 Å². The van der Waals surface area contributed by atoms with Crippen molar-refractivity contribution in [3.05, 3.63) is 39.8 Å². The van der Waals surface area contributed by atoms with Gasteiger partial charge in [-0.2, -0.15) is 0 Å². The normalized spacial score (nSPS) is 10.3. The number of rotatable bonds is 7. The van der Waals surface area contributed by atoms with E-state index in [1.54, 1.807) is 0 Å². The molecule has 1 N–H and O–H groups in total. The van der Waals surface area contributed by atoms with Gasteiger partial charge in [0.05, 0.1) is 0 Å². The lowest BCUT2D eigenvalue weighted by atomic mass is 10.2. The molecule has 4 heteroatoms. The maximum absolute atomic E-state index is 6.17. The highest BCUT2D eigenvalue weighted by Gasteiger charge is 2.07. The van der Waals surface area contributed by atoms with Crippen molar-refractivity contribution in [3.63, 3.8) is 0 Å². The number of benzene rings is 1. The predicted octanol–water partition coefficient (Wildman–Crippen LogP) is 4.13. The van der Waals surface area contributed by atoms with Crippen LogP contribution in [0.4, 0.5) is 0 Å². The Morgan fingerprint density at radius 1 is 1.53 bits per heavy atom. The van der Waals surface area contributed by atoms with E-state index >= 15 is 0 Å². The molecule has 0 spiro atoms.